The Morgan fingerprint density at radius 2 is 1.79 bits per heavy atom. The second-order valence-electron chi connectivity index (χ2n) is 4.22. The van der Waals surface area contributed by atoms with Crippen LogP contribution in [0.3, 0.4) is 0 Å². The van der Waals surface area contributed by atoms with Crippen molar-refractivity contribution in [2.45, 2.75) is 38.4 Å². The highest BCUT2D eigenvalue weighted by molar-refractivity contribution is 5.33. The van der Waals surface area contributed by atoms with Crippen LogP contribution in [0.25, 0.3) is 0 Å². The Balaban J connectivity index is 2.10. The first kappa shape index (κ1) is 9.53. The lowest BCUT2D eigenvalue weighted by Gasteiger charge is -2.12. The maximum atomic E-state index is 9.83. The third kappa shape index (κ3) is 1.90. The number of hydrogen-bond acceptors (Lipinski definition) is 2. The van der Waals surface area contributed by atoms with Gasteiger partial charge in [0.1, 0.15) is 5.75 Å². The van der Waals surface area contributed by atoms with E-state index in [1.807, 2.05) is 38.1 Å². The van der Waals surface area contributed by atoms with Crippen molar-refractivity contribution in [1.82, 2.24) is 0 Å². The average molecular weight is 192 g/mol. The predicted molar refractivity (Wildman–Crippen MR) is 55.3 cm³/mol. The zero-order valence-corrected chi connectivity index (χ0v) is 8.66. The summed E-state index contributed by atoms with van der Waals surface area (Å²) >= 11 is 0. The standard InChI is InChI=1S/C12H16O2/c1-9(2)14-11-5-3-10(4-6-11)12(13)7-8-12/h3-6,9,13H,7-8H2,1-2H3. The van der Waals surface area contributed by atoms with E-state index in [1.165, 1.54) is 0 Å². The van der Waals surface area contributed by atoms with Crippen LogP contribution in [0.4, 0.5) is 0 Å². The van der Waals surface area contributed by atoms with Gasteiger partial charge in [0, 0.05) is 0 Å². The highest BCUT2D eigenvalue weighted by atomic mass is 16.5. The van der Waals surface area contributed by atoms with Crippen LogP contribution < -0.4 is 4.74 Å². The van der Waals surface area contributed by atoms with Gasteiger partial charge in [-0.1, -0.05) is 12.1 Å². The van der Waals surface area contributed by atoms with E-state index < -0.39 is 5.60 Å². The first-order valence-electron chi connectivity index (χ1n) is 5.10. The van der Waals surface area contributed by atoms with E-state index in [0.717, 1.165) is 24.2 Å². The smallest absolute Gasteiger partial charge is 0.119 e. The van der Waals surface area contributed by atoms with E-state index in [2.05, 4.69) is 0 Å². The fraction of sp³-hybridized carbons (Fsp3) is 0.500. The van der Waals surface area contributed by atoms with Gasteiger partial charge in [-0.05, 0) is 44.4 Å². The van der Waals surface area contributed by atoms with E-state index in [1.54, 1.807) is 0 Å². The molecule has 2 rings (SSSR count). The van der Waals surface area contributed by atoms with Crippen molar-refractivity contribution >= 4 is 0 Å². The van der Waals surface area contributed by atoms with Gasteiger partial charge in [0.2, 0.25) is 0 Å². The molecule has 0 bridgehead atoms. The van der Waals surface area contributed by atoms with Gasteiger partial charge in [-0.25, -0.2) is 0 Å². The highest BCUT2D eigenvalue weighted by Crippen LogP contribution is 2.45. The fourth-order valence-corrected chi connectivity index (χ4v) is 1.52. The summed E-state index contributed by atoms with van der Waals surface area (Å²) in [6.45, 7) is 4.00. The molecule has 0 aromatic heterocycles. The average Bonchev–Trinajstić information content (AvgIpc) is 2.85. The van der Waals surface area contributed by atoms with Crippen LogP contribution >= 0.6 is 0 Å². The van der Waals surface area contributed by atoms with Crippen molar-refractivity contribution in [3.05, 3.63) is 29.8 Å². The molecule has 0 aliphatic heterocycles. The summed E-state index contributed by atoms with van der Waals surface area (Å²) in [5, 5.41) is 9.83. The van der Waals surface area contributed by atoms with Crippen LogP contribution in [0.15, 0.2) is 24.3 Å². The van der Waals surface area contributed by atoms with Crippen LogP contribution in [0.1, 0.15) is 32.3 Å². The Hall–Kier alpha value is -1.02. The molecule has 2 heteroatoms. The Kier molecular flexibility index (Phi) is 2.23. The van der Waals surface area contributed by atoms with Crippen molar-refractivity contribution < 1.29 is 9.84 Å². The summed E-state index contributed by atoms with van der Waals surface area (Å²) in [6, 6.07) is 7.74. The van der Waals surface area contributed by atoms with E-state index in [4.69, 9.17) is 4.74 Å². The molecule has 1 saturated carbocycles. The van der Waals surface area contributed by atoms with Crippen molar-refractivity contribution in [2.75, 3.05) is 0 Å². The van der Waals surface area contributed by atoms with Crippen LogP contribution in [-0.4, -0.2) is 11.2 Å². The first-order chi connectivity index (χ1) is 6.60. The second kappa shape index (κ2) is 3.28. The van der Waals surface area contributed by atoms with Crippen molar-refractivity contribution in [2.24, 2.45) is 0 Å². The number of ether oxygens (including phenoxy) is 1. The van der Waals surface area contributed by atoms with Crippen molar-refractivity contribution in [1.29, 1.82) is 0 Å². The van der Waals surface area contributed by atoms with Crippen molar-refractivity contribution in [3.8, 4) is 5.75 Å². The summed E-state index contributed by atoms with van der Waals surface area (Å²) in [6.07, 6.45) is 1.97. The summed E-state index contributed by atoms with van der Waals surface area (Å²) in [4.78, 5) is 0. The summed E-state index contributed by atoms with van der Waals surface area (Å²) < 4.78 is 5.52. The maximum absolute atomic E-state index is 9.83. The molecular formula is C12H16O2. The fourth-order valence-electron chi connectivity index (χ4n) is 1.52. The lowest BCUT2D eigenvalue weighted by molar-refractivity contribution is 0.151. The SMILES string of the molecule is CC(C)Oc1ccc(C2(O)CC2)cc1. The Bertz CT molecular complexity index is 310. The molecule has 0 spiro atoms. The maximum Gasteiger partial charge on any atom is 0.119 e. The van der Waals surface area contributed by atoms with Crippen molar-refractivity contribution in [3.63, 3.8) is 0 Å². The molecule has 1 N–H and O–H groups in total. The molecule has 1 aliphatic rings. The number of aliphatic hydroxyl groups is 1. The molecule has 1 aromatic rings. The second-order valence-corrected chi connectivity index (χ2v) is 4.22. The molecule has 0 saturated heterocycles. The minimum atomic E-state index is -0.531. The van der Waals surface area contributed by atoms with Crippen LogP contribution in [-0.2, 0) is 5.60 Å². The summed E-state index contributed by atoms with van der Waals surface area (Å²) in [7, 11) is 0. The molecule has 14 heavy (non-hydrogen) atoms. The molecule has 0 radical (unpaired) electrons. The lowest BCUT2D eigenvalue weighted by Crippen LogP contribution is -2.07. The molecular weight excluding hydrogens is 176 g/mol. The molecule has 2 nitrogen and oxygen atoms in total. The van der Waals surface area contributed by atoms with E-state index in [-0.39, 0.29) is 6.10 Å². The number of rotatable bonds is 3. The normalized spacial score (nSPS) is 18.3. The molecule has 1 aliphatic carbocycles. The first-order valence-corrected chi connectivity index (χ1v) is 5.10. The Morgan fingerprint density at radius 3 is 2.21 bits per heavy atom. The largest absolute Gasteiger partial charge is 0.491 e. The van der Waals surface area contributed by atoms with E-state index >= 15 is 0 Å². The zero-order chi connectivity index (χ0) is 10.2. The predicted octanol–water partition coefficient (Wildman–Crippen LogP) is 2.46. The summed E-state index contributed by atoms with van der Waals surface area (Å²) in [5.41, 5.74) is 0.477. The summed E-state index contributed by atoms with van der Waals surface area (Å²) in [5.74, 6) is 0.869. The minimum absolute atomic E-state index is 0.199. The van der Waals surface area contributed by atoms with Gasteiger partial charge in [0.05, 0.1) is 11.7 Å². The van der Waals surface area contributed by atoms with Gasteiger partial charge in [-0.15, -0.1) is 0 Å². The lowest BCUT2D eigenvalue weighted by atomic mass is 10.1. The number of hydrogen-bond donors (Lipinski definition) is 1. The van der Waals surface area contributed by atoms with Crippen LogP contribution in [0.2, 0.25) is 0 Å². The Morgan fingerprint density at radius 1 is 1.21 bits per heavy atom. The van der Waals surface area contributed by atoms with Gasteiger partial charge >= 0.3 is 0 Å². The molecule has 0 heterocycles. The quantitative estimate of drug-likeness (QED) is 0.797. The third-order valence-electron chi connectivity index (χ3n) is 2.49. The molecule has 1 aromatic carbocycles. The zero-order valence-electron chi connectivity index (χ0n) is 8.66. The highest BCUT2D eigenvalue weighted by Gasteiger charge is 2.41. The molecule has 0 atom stereocenters. The van der Waals surface area contributed by atoms with Gasteiger partial charge in [0.25, 0.3) is 0 Å². The number of benzene rings is 1. The van der Waals surface area contributed by atoms with E-state index in [0.29, 0.717) is 0 Å². The van der Waals surface area contributed by atoms with Gasteiger partial charge in [-0.2, -0.15) is 0 Å². The Labute approximate surface area is 84.5 Å². The molecule has 76 valence electrons. The van der Waals surface area contributed by atoms with E-state index in [9.17, 15) is 5.11 Å². The molecule has 0 unspecified atom stereocenters. The van der Waals surface area contributed by atoms with Gasteiger partial charge in [0.15, 0.2) is 0 Å². The van der Waals surface area contributed by atoms with Crippen LogP contribution in [0.5, 0.6) is 5.75 Å². The van der Waals surface area contributed by atoms with Crippen LogP contribution in [0, 0.1) is 0 Å². The molecule has 1 fully saturated rings. The van der Waals surface area contributed by atoms with Gasteiger partial charge < -0.3 is 9.84 Å². The van der Waals surface area contributed by atoms with Gasteiger partial charge in [-0.3, -0.25) is 0 Å². The molecule has 0 amide bonds. The topological polar surface area (TPSA) is 29.5 Å². The monoisotopic (exact) mass is 192 g/mol. The third-order valence-corrected chi connectivity index (χ3v) is 2.49. The minimum Gasteiger partial charge on any atom is -0.491 e.